The van der Waals surface area contributed by atoms with Crippen LogP contribution in [0.15, 0.2) is 24.3 Å². The van der Waals surface area contributed by atoms with Gasteiger partial charge in [-0.05, 0) is 18.9 Å². The molecular formula is C14H18INO3. The largest absolute Gasteiger partial charge is 0.468 e. The molecule has 0 saturated carbocycles. The van der Waals surface area contributed by atoms with Crippen molar-refractivity contribution in [1.82, 2.24) is 5.32 Å². The van der Waals surface area contributed by atoms with Crippen LogP contribution in [0.25, 0.3) is 0 Å². The summed E-state index contributed by atoms with van der Waals surface area (Å²) in [5, 5.41) is 2.74. The van der Waals surface area contributed by atoms with Crippen molar-refractivity contribution in [3.63, 3.8) is 0 Å². The lowest BCUT2D eigenvalue weighted by Crippen LogP contribution is -2.33. The Labute approximate surface area is 127 Å². The molecule has 1 N–H and O–H groups in total. The van der Waals surface area contributed by atoms with Gasteiger partial charge in [-0.15, -0.1) is 0 Å². The van der Waals surface area contributed by atoms with Crippen molar-refractivity contribution in [2.45, 2.75) is 23.7 Å². The van der Waals surface area contributed by atoms with Crippen LogP contribution in [0.3, 0.4) is 0 Å². The molecule has 19 heavy (non-hydrogen) atoms. The molecule has 0 aromatic heterocycles. The third-order valence-corrected chi connectivity index (χ3v) is 3.61. The topological polar surface area (TPSA) is 55.4 Å². The third-order valence-electron chi connectivity index (χ3n) is 2.66. The van der Waals surface area contributed by atoms with Crippen molar-refractivity contribution < 1.29 is 14.3 Å². The molecule has 1 amide bonds. The van der Waals surface area contributed by atoms with Gasteiger partial charge in [0, 0.05) is 13.0 Å². The number of amides is 1. The van der Waals surface area contributed by atoms with E-state index in [1.165, 1.54) is 12.7 Å². The second kappa shape index (κ2) is 8.14. The maximum atomic E-state index is 11.7. The van der Waals surface area contributed by atoms with Crippen LogP contribution in [-0.4, -0.2) is 29.5 Å². The molecule has 104 valence electrons. The summed E-state index contributed by atoms with van der Waals surface area (Å²) >= 11 is 1.96. The van der Waals surface area contributed by atoms with Crippen LogP contribution in [0.2, 0.25) is 0 Å². The van der Waals surface area contributed by atoms with Gasteiger partial charge in [0.1, 0.15) is 3.92 Å². The molecule has 0 aliphatic rings. The molecule has 0 fully saturated rings. The van der Waals surface area contributed by atoms with Crippen LogP contribution in [-0.2, 0) is 20.7 Å². The van der Waals surface area contributed by atoms with Crippen molar-refractivity contribution in [3.8, 4) is 0 Å². The first-order chi connectivity index (χ1) is 9.02. The number of rotatable bonds is 6. The Morgan fingerprint density at radius 1 is 1.42 bits per heavy atom. The zero-order valence-corrected chi connectivity index (χ0v) is 13.3. The molecule has 4 nitrogen and oxygen atoms in total. The predicted molar refractivity (Wildman–Crippen MR) is 82.3 cm³/mol. The second-order valence-electron chi connectivity index (χ2n) is 4.28. The van der Waals surface area contributed by atoms with E-state index < -0.39 is 0 Å². The fourth-order valence-corrected chi connectivity index (χ4v) is 2.10. The summed E-state index contributed by atoms with van der Waals surface area (Å²) in [5.74, 6) is -0.369. The molecule has 1 rings (SSSR count). The van der Waals surface area contributed by atoms with Crippen LogP contribution in [0.1, 0.15) is 17.5 Å². The van der Waals surface area contributed by atoms with Crippen molar-refractivity contribution in [3.05, 3.63) is 35.4 Å². The minimum Gasteiger partial charge on any atom is -0.468 e. The molecule has 0 saturated heterocycles. The summed E-state index contributed by atoms with van der Waals surface area (Å²) < 4.78 is 4.25. The number of esters is 1. The lowest BCUT2D eigenvalue weighted by molar-refractivity contribution is -0.139. The highest BCUT2D eigenvalue weighted by Crippen LogP contribution is 2.07. The van der Waals surface area contributed by atoms with Gasteiger partial charge in [0.05, 0.1) is 7.11 Å². The second-order valence-corrected chi connectivity index (χ2v) is 5.79. The molecule has 0 aliphatic heterocycles. The van der Waals surface area contributed by atoms with Gasteiger partial charge in [-0.1, -0.05) is 52.4 Å². The van der Waals surface area contributed by atoms with Gasteiger partial charge in [-0.3, -0.25) is 9.59 Å². The van der Waals surface area contributed by atoms with E-state index in [0.717, 1.165) is 5.56 Å². The van der Waals surface area contributed by atoms with Crippen molar-refractivity contribution in [1.29, 1.82) is 0 Å². The number of nitrogens with one attached hydrogen (secondary N) is 1. The van der Waals surface area contributed by atoms with E-state index in [1.807, 2.05) is 47.7 Å². The Bertz CT molecular complexity index is 448. The number of methoxy groups -OCH3 is 1. The monoisotopic (exact) mass is 375 g/mol. The van der Waals surface area contributed by atoms with Crippen LogP contribution in [0.4, 0.5) is 0 Å². The molecule has 1 atom stereocenters. The minimum atomic E-state index is -0.342. The van der Waals surface area contributed by atoms with Crippen LogP contribution in [0, 0.1) is 6.92 Å². The number of ether oxygens (including phenoxy) is 1. The average Bonchev–Trinajstić information content (AvgIpc) is 2.41. The van der Waals surface area contributed by atoms with E-state index in [2.05, 4.69) is 16.1 Å². The minimum absolute atomic E-state index is 0.0490. The van der Waals surface area contributed by atoms with E-state index >= 15 is 0 Å². The van der Waals surface area contributed by atoms with Crippen LogP contribution in [0.5, 0.6) is 0 Å². The van der Waals surface area contributed by atoms with E-state index in [9.17, 15) is 9.59 Å². The van der Waals surface area contributed by atoms with Gasteiger partial charge >= 0.3 is 5.97 Å². The number of benzene rings is 1. The Balaban J connectivity index is 2.30. The highest BCUT2D eigenvalue weighted by molar-refractivity contribution is 14.1. The number of alkyl halides is 1. The van der Waals surface area contributed by atoms with E-state index in [0.29, 0.717) is 19.4 Å². The summed E-state index contributed by atoms with van der Waals surface area (Å²) in [4.78, 5) is 22.8. The lowest BCUT2D eigenvalue weighted by atomic mass is 10.1. The molecule has 0 heterocycles. The van der Waals surface area contributed by atoms with Gasteiger partial charge in [0.25, 0.3) is 0 Å². The Hall–Kier alpha value is -1.11. The first kappa shape index (κ1) is 15.9. The Morgan fingerprint density at radius 3 is 2.79 bits per heavy atom. The highest BCUT2D eigenvalue weighted by atomic mass is 127. The number of hydrogen-bond donors (Lipinski definition) is 1. The smallest absolute Gasteiger partial charge is 0.320 e. The maximum Gasteiger partial charge on any atom is 0.320 e. The van der Waals surface area contributed by atoms with Crippen molar-refractivity contribution in [2.75, 3.05) is 13.7 Å². The molecule has 0 bridgehead atoms. The zero-order valence-electron chi connectivity index (χ0n) is 11.1. The molecular weight excluding hydrogens is 357 g/mol. The van der Waals surface area contributed by atoms with E-state index in [1.54, 1.807) is 0 Å². The third kappa shape index (κ3) is 6.04. The Morgan fingerprint density at radius 2 is 2.16 bits per heavy atom. The highest BCUT2D eigenvalue weighted by Gasteiger charge is 2.15. The van der Waals surface area contributed by atoms with Gasteiger partial charge in [0.2, 0.25) is 5.91 Å². The Kier molecular flexibility index (Phi) is 6.83. The van der Waals surface area contributed by atoms with Gasteiger partial charge in [0.15, 0.2) is 0 Å². The van der Waals surface area contributed by atoms with E-state index in [-0.39, 0.29) is 15.8 Å². The maximum absolute atomic E-state index is 11.7. The molecule has 1 aromatic carbocycles. The van der Waals surface area contributed by atoms with Crippen LogP contribution >= 0.6 is 22.6 Å². The summed E-state index contributed by atoms with van der Waals surface area (Å²) in [6.45, 7) is 2.33. The van der Waals surface area contributed by atoms with Crippen molar-refractivity contribution >= 4 is 34.5 Å². The first-order valence-electron chi connectivity index (χ1n) is 6.07. The summed E-state index contributed by atoms with van der Waals surface area (Å²) in [5.41, 5.74) is 2.34. The fraction of sp³-hybridized carbons (Fsp3) is 0.429. The fourth-order valence-electron chi connectivity index (χ4n) is 1.63. The number of hydrogen-bond acceptors (Lipinski definition) is 3. The molecule has 0 aliphatic carbocycles. The summed E-state index contributed by atoms with van der Waals surface area (Å²) in [7, 11) is 1.34. The number of carbonyl (C=O) groups excluding carboxylic acids is 2. The molecule has 5 heteroatoms. The van der Waals surface area contributed by atoms with E-state index in [4.69, 9.17) is 0 Å². The molecule has 1 aromatic rings. The number of aryl methyl sites for hydroxylation is 2. The quantitative estimate of drug-likeness (QED) is 0.470. The first-order valence-corrected chi connectivity index (χ1v) is 7.31. The van der Waals surface area contributed by atoms with Crippen molar-refractivity contribution in [2.24, 2.45) is 0 Å². The predicted octanol–water partition coefficient (Wildman–Crippen LogP) is 2.02. The molecule has 0 radical (unpaired) electrons. The molecule has 0 spiro atoms. The standard InChI is InChI=1S/C14H18INO3/c1-10-4-3-5-11(8-10)6-7-13(17)16-9-12(15)14(18)19-2/h3-5,8,12H,6-7,9H2,1-2H3,(H,16,17). The SMILES string of the molecule is COC(=O)C(I)CNC(=O)CCc1cccc(C)c1. The summed E-state index contributed by atoms with van der Waals surface area (Å²) in [6.07, 6.45) is 1.13. The average molecular weight is 375 g/mol. The van der Waals surface area contributed by atoms with Gasteiger partial charge in [-0.25, -0.2) is 0 Å². The molecule has 1 unspecified atom stereocenters. The van der Waals surface area contributed by atoms with Crippen LogP contribution < -0.4 is 5.32 Å². The zero-order chi connectivity index (χ0) is 14.3. The number of carbonyl (C=O) groups is 2. The normalized spacial score (nSPS) is 11.7. The summed E-state index contributed by atoms with van der Waals surface area (Å²) in [6, 6.07) is 8.10. The van der Waals surface area contributed by atoms with Gasteiger partial charge < -0.3 is 10.1 Å². The van der Waals surface area contributed by atoms with Gasteiger partial charge in [-0.2, -0.15) is 0 Å². The lowest BCUT2D eigenvalue weighted by Gasteiger charge is -2.09. The number of halogens is 1.